The van der Waals surface area contributed by atoms with Crippen molar-refractivity contribution in [1.82, 2.24) is 14.2 Å². The zero-order valence-electron chi connectivity index (χ0n) is 13.1. The Balaban J connectivity index is 1.69. The van der Waals surface area contributed by atoms with Crippen LogP contribution in [0.2, 0.25) is 5.02 Å². The molecule has 132 valence electrons. The third-order valence-electron chi connectivity index (χ3n) is 3.92. The minimum atomic E-state index is -3.71. The highest BCUT2D eigenvalue weighted by atomic mass is 35.5. The number of halogens is 2. The van der Waals surface area contributed by atoms with Gasteiger partial charge in [0.25, 0.3) is 5.91 Å². The third kappa shape index (κ3) is 3.81. The fourth-order valence-corrected chi connectivity index (χ4v) is 4.15. The number of hydrogen-bond donors (Lipinski definition) is 0. The lowest BCUT2D eigenvalue weighted by Crippen LogP contribution is -2.50. The standard InChI is InChI=1S/C16H15ClFN3O3S/c17-12-5-6-19-15(11-12)16(22)20-7-9-21(10-8-20)25(23,24)14-3-1-13(18)2-4-14/h1-6,11H,7-10H2. The fourth-order valence-electron chi connectivity index (χ4n) is 2.57. The first-order valence-corrected chi connectivity index (χ1v) is 9.36. The van der Waals surface area contributed by atoms with E-state index in [1.54, 1.807) is 6.07 Å². The van der Waals surface area contributed by atoms with Crippen LogP contribution in [0.5, 0.6) is 0 Å². The van der Waals surface area contributed by atoms with Gasteiger partial charge in [0.15, 0.2) is 0 Å². The first-order valence-electron chi connectivity index (χ1n) is 7.54. The van der Waals surface area contributed by atoms with Gasteiger partial charge < -0.3 is 4.90 Å². The zero-order valence-corrected chi connectivity index (χ0v) is 14.7. The van der Waals surface area contributed by atoms with Crippen molar-refractivity contribution in [3.05, 3.63) is 59.1 Å². The maximum absolute atomic E-state index is 13.0. The molecule has 0 aliphatic carbocycles. The van der Waals surface area contributed by atoms with Gasteiger partial charge in [-0.2, -0.15) is 4.31 Å². The highest BCUT2D eigenvalue weighted by Crippen LogP contribution is 2.19. The highest BCUT2D eigenvalue weighted by Gasteiger charge is 2.30. The van der Waals surface area contributed by atoms with E-state index in [4.69, 9.17) is 11.6 Å². The van der Waals surface area contributed by atoms with Crippen molar-refractivity contribution in [3.63, 3.8) is 0 Å². The Kier molecular flexibility index (Phi) is 5.03. The summed E-state index contributed by atoms with van der Waals surface area (Å²) in [5, 5.41) is 0.413. The second-order valence-electron chi connectivity index (χ2n) is 5.51. The molecule has 1 aliphatic rings. The first-order chi connectivity index (χ1) is 11.9. The summed E-state index contributed by atoms with van der Waals surface area (Å²) in [6.45, 7) is 0.804. The van der Waals surface area contributed by atoms with E-state index in [0.29, 0.717) is 5.02 Å². The van der Waals surface area contributed by atoms with E-state index in [1.165, 1.54) is 33.6 Å². The topological polar surface area (TPSA) is 70.6 Å². The van der Waals surface area contributed by atoms with Gasteiger partial charge in [0.2, 0.25) is 10.0 Å². The van der Waals surface area contributed by atoms with E-state index in [9.17, 15) is 17.6 Å². The number of benzene rings is 1. The molecule has 6 nitrogen and oxygen atoms in total. The van der Waals surface area contributed by atoms with E-state index in [0.717, 1.165) is 12.1 Å². The Morgan fingerprint density at radius 2 is 1.72 bits per heavy atom. The molecule has 1 saturated heterocycles. The minimum absolute atomic E-state index is 0.0326. The molecular weight excluding hydrogens is 369 g/mol. The quantitative estimate of drug-likeness (QED) is 0.813. The average Bonchev–Trinajstić information content (AvgIpc) is 2.61. The molecule has 0 radical (unpaired) electrons. The number of nitrogens with zero attached hydrogens (tertiary/aromatic N) is 3. The second kappa shape index (κ2) is 7.07. The molecule has 9 heteroatoms. The van der Waals surface area contributed by atoms with Crippen molar-refractivity contribution in [2.45, 2.75) is 4.90 Å². The number of carbonyl (C=O) groups is 1. The number of aromatic nitrogens is 1. The van der Waals surface area contributed by atoms with Crippen molar-refractivity contribution in [2.75, 3.05) is 26.2 Å². The van der Waals surface area contributed by atoms with E-state index in [1.807, 2.05) is 0 Å². The van der Waals surface area contributed by atoms with E-state index >= 15 is 0 Å². The maximum atomic E-state index is 13.0. The number of piperazine rings is 1. The summed E-state index contributed by atoms with van der Waals surface area (Å²) >= 11 is 5.86. The summed E-state index contributed by atoms with van der Waals surface area (Å²) in [7, 11) is -3.71. The first kappa shape index (κ1) is 17.8. The number of sulfonamides is 1. The molecule has 25 heavy (non-hydrogen) atoms. The predicted octanol–water partition coefficient (Wildman–Crippen LogP) is 2.02. The Hall–Kier alpha value is -2.03. The van der Waals surface area contributed by atoms with Crippen LogP contribution in [0.3, 0.4) is 0 Å². The number of amides is 1. The molecule has 0 bridgehead atoms. The molecule has 0 atom stereocenters. The monoisotopic (exact) mass is 383 g/mol. The van der Waals surface area contributed by atoms with Crippen LogP contribution in [0.1, 0.15) is 10.5 Å². The molecule has 0 unspecified atom stereocenters. The zero-order chi connectivity index (χ0) is 18.0. The molecule has 1 aromatic carbocycles. The van der Waals surface area contributed by atoms with Gasteiger partial charge in [-0.15, -0.1) is 0 Å². The molecule has 0 N–H and O–H groups in total. The fraction of sp³-hybridized carbons (Fsp3) is 0.250. The average molecular weight is 384 g/mol. The number of rotatable bonds is 3. The molecule has 2 aromatic rings. The van der Waals surface area contributed by atoms with Gasteiger partial charge in [-0.3, -0.25) is 9.78 Å². The summed E-state index contributed by atoms with van der Waals surface area (Å²) in [6, 6.07) is 7.74. The van der Waals surface area contributed by atoms with Crippen LogP contribution < -0.4 is 0 Å². The summed E-state index contributed by atoms with van der Waals surface area (Å²) < 4.78 is 39.4. The SMILES string of the molecule is O=C(c1cc(Cl)ccn1)N1CCN(S(=O)(=O)c2ccc(F)cc2)CC1. The van der Waals surface area contributed by atoms with Crippen molar-refractivity contribution >= 4 is 27.5 Å². The summed E-state index contributed by atoms with van der Waals surface area (Å²) in [5.74, 6) is -0.787. The van der Waals surface area contributed by atoms with Gasteiger partial charge >= 0.3 is 0 Å². The Bertz CT molecular complexity index is 882. The van der Waals surface area contributed by atoms with Crippen molar-refractivity contribution in [2.24, 2.45) is 0 Å². The van der Waals surface area contributed by atoms with Crippen molar-refractivity contribution < 1.29 is 17.6 Å². The van der Waals surface area contributed by atoms with Gasteiger partial charge in [0.05, 0.1) is 4.90 Å². The van der Waals surface area contributed by atoms with Crippen LogP contribution in [0.4, 0.5) is 4.39 Å². The molecule has 0 spiro atoms. The van der Waals surface area contributed by atoms with Crippen molar-refractivity contribution in [3.8, 4) is 0 Å². The van der Waals surface area contributed by atoms with E-state index < -0.39 is 15.8 Å². The van der Waals surface area contributed by atoms with Gasteiger partial charge in [-0.05, 0) is 36.4 Å². The molecule has 3 rings (SSSR count). The molecule has 1 aromatic heterocycles. The lowest BCUT2D eigenvalue weighted by molar-refractivity contribution is 0.0692. The number of carbonyl (C=O) groups excluding carboxylic acids is 1. The Morgan fingerprint density at radius 3 is 2.32 bits per heavy atom. The second-order valence-corrected chi connectivity index (χ2v) is 7.88. The molecular formula is C16H15ClFN3O3S. The normalized spacial score (nSPS) is 16.0. The van der Waals surface area contributed by atoms with Gasteiger partial charge in [0, 0.05) is 37.4 Å². The van der Waals surface area contributed by atoms with Crippen molar-refractivity contribution in [1.29, 1.82) is 0 Å². The van der Waals surface area contributed by atoms with Crippen LogP contribution >= 0.6 is 11.6 Å². The summed E-state index contributed by atoms with van der Waals surface area (Å²) in [5.41, 5.74) is 0.224. The largest absolute Gasteiger partial charge is 0.335 e. The third-order valence-corrected chi connectivity index (χ3v) is 6.07. The van der Waals surface area contributed by atoms with Crippen LogP contribution in [-0.2, 0) is 10.0 Å². The predicted molar refractivity (Wildman–Crippen MR) is 90.3 cm³/mol. The minimum Gasteiger partial charge on any atom is -0.335 e. The number of hydrogen-bond acceptors (Lipinski definition) is 4. The molecule has 1 aliphatic heterocycles. The van der Waals surface area contributed by atoms with Gasteiger partial charge in [0.1, 0.15) is 11.5 Å². The Morgan fingerprint density at radius 1 is 1.08 bits per heavy atom. The van der Waals surface area contributed by atoms with E-state index in [2.05, 4.69) is 4.98 Å². The highest BCUT2D eigenvalue weighted by molar-refractivity contribution is 7.89. The van der Waals surface area contributed by atoms with Gasteiger partial charge in [-0.25, -0.2) is 12.8 Å². The van der Waals surface area contributed by atoms with Crippen LogP contribution in [0.15, 0.2) is 47.5 Å². The summed E-state index contributed by atoms with van der Waals surface area (Å²) in [6.07, 6.45) is 1.45. The smallest absolute Gasteiger partial charge is 0.272 e. The molecule has 2 heterocycles. The van der Waals surface area contributed by atoms with Crippen LogP contribution in [0, 0.1) is 5.82 Å². The lowest BCUT2D eigenvalue weighted by atomic mass is 10.3. The lowest BCUT2D eigenvalue weighted by Gasteiger charge is -2.33. The van der Waals surface area contributed by atoms with Crippen LogP contribution in [-0.4, -0.2) is 54.7 Å². The summed E-state index contributed by atoms with van der Waals surface area (Å²) in [4.78, 5) is 18.0. The molecule has 1 amide bonds. The van der Waals surface area contributed by atoms with Gasteiger partial charge in [-0.1, -0.05) is 11.6 Å². The Labute approximate surface area is 149 Å². The molecule has 1 fully saturated rings. The maximum Gasteiger partial charge on any atom is 0.272 e. The van der Waals surface area contributed by atoms with E-state index in [-0.39, 0.29) is 42.7 Å². The molecule has 0 saturated carbocycles. The number of pyridine rings is 1. The van der Waals surface area contributed by atoms with Crippen LogP contribution in [0.25, 0.3) is 0 Å².